The van der Waals surface area contributed by atoms with E-state index in [2.05, 4.69) is 4.90 Å². The van der Waals surface area contributed by atoms with Crippen LogP contribution in [0.1, 0.15) is 12.0 Å². The lowest BCUT2D eigenvalue weighted by atomic mass is 10.2. The molecule has 1 saturated heterocycles. The molecule has 4 heteroatoms. The Labute approximate surface area is 102 Å². The van der Waals surface area contributed by atoms with Crippen LogP contribution in [-0.4, -0.2) is 43.4 Å². The third kappa shape index (κ3) is 3.35. The van der Waals surface area contributed by atoms with E-state index >= 15 is 0 Å². The number of rotatable bonds is 3. The van der Waals surface area contributed by atoms with Crippen LogP contribution in [0.15, 0.2) is 18.2 Å². The molecule has 0 aromatic heterocycles. The summed E-state index contributed by atoms with van der Waals surface area (Å²) in [6.07, 6.45) is 1.08. The Morgan fingerprint density at radius 2 is 2.24 bits per heavy atom. The summed E-state index contributed by atoms with van der Waals surface area (Å²) in [5, 5.41) is 9.53. The number of benzene rings is 1. The number of nitrogens with zero attached hydrogens (tertiary/aromatic N) is 1. The van der Waals surface area contributed by atoms with E-state index in [4.69, 9.17) is 9.47 Å². The Morgan fingerprint density at radius 1 is 1.35 bits per heavy atom. The summed E-state index contributed by atoms with van der Waals surface area (Å²) in [6.45, 7) is 4.55. The van der Waals surface area contributed by atoms with Gasteiger partial charge in [-0.05, 0) is 24.1 Å². The van der Waals surface area contributed by atoms with E-state index in [-0.39, 0.29) is 5.75 Å². The summed E-state index contributed by atoms with van der Waals surface area (Å²) in [6, 6.07) is 5.51. The van der Waals surface area contributed by atoms with Gasteiger partial charge < -0.3 is 14.6 Å². The molecule has 2 rings (SSSR count). The number of hydrogen-bond acceptors (Lipinski definition) is 4. The van der Waals surface area contributed by atoms with E-state index in [9.17, 15) is 5.11 Å². The fourth-order valence-corrected chi connectivity index (χ4v) is 2.03. The third-order valence-electron chi connectivity index (χ3n) is 2.97. The molecule has 1 fully saturated rings. The molecule has 0 spiro atoms. The fourth-order valence-electron chi connectivity index (χ4n) is 2.03. The van der Waals surface area contributed by atoms with Gasteiger partial charge in [0.25, 0.3) is 0 Å². The van der Waals surface area contributed by atoms with E-state index in [1.165, 1.54) is 0 Å². The Bertz CT molecular complexity index is 360. The quantitative estimate of drug-likeness (QED) is 0.867. The number of hydrogen-bond donors (Lipinski definition) is 1. The first-order valence-electron chi connectivity index (χ1n) is 5.95. The molecule has 0 amide bonds. The van der Waals surface area contributed by atoms with Gasteiger partial charge in [0, 0.05) is 26.2 Å². The van der Waals surface area contributed by atoms with Crippen molar-refractivity contribution in [1.82, 2.24) is 4.90 Å². The molecule has 17 heavy (non-hydrogen) atoms. The highest BCUT2D eigenvalue weighted by Crippen LogP contribution is 2.26. The smallest absolute Gasteiger partial charge is 0.160 e. The van der Waals surface area contributed by atoms with Crippen LogP contribution in [0.2, 0.25) is 0 Å². The number of phenols is 1. The Hall–Kier alpha value is -1.26. The van der Waals surface area contributed by atoms with E-state index in [0.717, 1.165) is 44.8 Å². The summed E-state index contributed by atoms with van der Waals surface area (Å²) in [5.74, 6) is 0.726. The SMILES string of the molecule is COc1cc(CN2CCCOCC2)ccc1O. The Morgan fingerprint density at radius 3 is 3.06 bits per heavy atom. The maximum absolute atomic E-state index is 9.53. The summed E-state index contributed by atoms with van der Waals surface area (Å²) >= 11 is 0. The van der Waals surface area contributed by atoms with Crippen molar-refractivity contribution in [2.75, 3.05) is 33.4 Å². The van der Waals surface area contributed by atoms with E-state index in [1.807, 2.05) is 12.1 Å². The molecule has 1 aliphatic rings. The van der Waals surface area contributed by atoms with Crippen LogP contribution in [-0.2, 0) is 11.3 Å². The van der Waals surface area contributed by atoms with Gasteiger partial charge in [-0.15, -0.1) is 0 Å². The van der Waals surface area contributed by atoms with Gasteiger partial charge in [0.1, 0.15) is 0 Å². The highest BCUT2D eigenvalue weighted by atomic mass is 16.5. The zero-order valence-electron chi connectivity index (χ0n) is 10.2. The van der Waals surface area contributed by atoms with Crippen molar-refractivity contribution in [2.45, 2.75) is 13.0 Å². The van der Waals surface area contributed by atoms with Crippen molar-refractivity contribution in [3.63, 3.8) is 0 Å². The van der Waals surface area contributed by atoms with E-state index < -0.39 is 0 Å². The number of aromatic hydroxyl groups is 1. The zero-order valence-corrected chi connectivity index (χ0v) is 10.2. The lowest BCUT2D eigenvalue weighted by Crippen LogP contribution is -2.25. The number of phenolic OH excluding ortho intramolecular Hbond substituents is 1. The van der Waals surface area contributed by atoms with Crippen LogP contribution < -0.4 is 4.74 Å². The molecule has 1 heterocycles. The standard InChI is InChI=1S/C13H19NO3/c1-16-13-9-11(3-4-12(13)15)10-14-5-2-7-17-8-6-14/h3-4,9,15H,2,5-8,10H2,1H3. The van der Waals surface area contributed by atoms with Gasteiger partial charge in [-0.25, -0.2) is 0 Å². The number of methoxy groups -OCH3 is 1. The predicted octanol–water partition coefficient (Wildman–Crippen LogP) is 1.62. The van der Waals surface area contributed by atoms with E-state index in [0.29, 0.717) is 5.75 Å². The molecule has 0 atom stereocenters. The van der Waals surface area contributed by atoms with Crippen molar-refractivity contribution in [3.05, 3.63) is 23.8 Å². The molecule has 0 aliphatic carbocycles. The van der Waals surface area contributed by atoms with Crippen LogP contribution >= 0.6 is 0 Å². The molecule has 1 aromatic rings. The fraction of sp³-hybridized carbons (Fsp3) is 0.538. The summed E-state index contributed by atoms with van der Waals surface area (Å²) < 4.78 is 10.5. The Kier molecular flexibility index (Phi) is 4.23. The highest BCUT2D eigenvalue weighted by Gasteiger charge is 2.10. The lowest BCUT2D eigenvalue weighted by Gasteiger charge is -2.19. The minimum Gasteiger partial charge on any atom is -0.504 e. The largest absolute Gasteiger partial charge is 0.504 e. The molecule has 1 N–H and O–H groups in total. The normalized spacial score (nSPS) is 17.7. The van der Waals surface area contributed by atoms with Crippen molar-refractivity contribution < 1.29 is 14.6 Å². The van der Waals surface area contributed by atoms with Crippen LogP contribution in [0, 0.1) is 0 Å². The van der Waals surface area contributed by atoms with Crippen LogP contribution in [0.4, 0.5) is 0 Å². The molecule has 0 bridgehead atoms. The number of ether oxygens (including phenoxy) is 2. The van der Waals surface area contributed by atoms with Gasteiger partial charge in [-0.3, -0.25) is 4.90 Å². The van der Waals surface area contributed by atoms with E-state index in [1.54, 1.807) is 13.2 Å². The minimum absolute atomic E-state index is 0.190. The Balaban J connectivity index is 2.01. The van der Waals surface area contributed by atoms with Gasteiger partial charge in [0.2, 0.25) is 0 Å². The molecule has 4 nitrogen and oxygen atoms in total. The van der Waals surface area contributed by atoms with Gasteiger partial charge in [0.05, 0.1) is 13.7 Å². The second kappa shape index (κ2) is 5.89. The van der Waals surface area contributed by atoms with Gasteiger partial charge in [-0.2, -0.15) is 0 Å². The van der Waals surface area contributed by atoms with Crippen LogP contribution in [0.3, 0.4) is 0 Å². The average Bonchev–Trinajstić information content (AvgIpc) is 2.60. The maximum Gasteiger partial charge on any atom is 0.160 e. The van der Waals surface area contributed by atoms with Crippen molar-refractivity contribution in [3.8, 4) is 11.5 Å². The van der Waals surface area contributed by atoms with Gasteiger partial charge in [0.15, 0.2) is 11.5 Å². The molecular weight excluding hydrogens is 218 g/mol. The molecule has 0 saturated carbocycles. The first-order chi connectivity index (χ1) is 8.29. The van der Waals surface area contributed by atoms with Crippen molar-refractivity contribution >= 4 is 0 Å². The van der Waals surface area contributed by atoms with Crippen molar-refractivity contribution in [2.24, 2.45) is 0 Å². The topological polar surface area (TPSA) is 41.9 Å². The average molecular weight is 237 g/mol. The monoisotopic (exact) mass is 237 g/mol. The van der Waals surface area contributed by atoms with Crippen LogP contribution in [0.25, 0.3) is 0 Å². The predicted molar refractivity (Wildman–Crippen MR) is 65.4 cm³/mol. The molecule has 0 radical (unpaired) electrons. The molecule has 1 aliphatic heterocycles. The van der Waals surface area contributed by atoms with Gasteiger partial charge in [-0.1, -0.05) is 6.07 Å². The highest BCUT2D eigenvalue weighted by molar-refractivity contribution is 5.41. The van der Waals surface area contributed by atoms with Crippen molar-refractivity contribution in [1.29, 1.82) is 0 Å². The summed E-state index contributed by atoms with van der Waals surface area (Å²) in [7, 11) is 1.57. The van der Waals surface area contributed by atoms with Gasteiger partial charge >= 0.3 is 0 Å². The molecule has 94 valence electrons. The maximum atomic E-state index is 9.53. The molecule has 1 aromatic carbocycles. The molecular formula is C13H19NO3. The lowest BCUT2D eigenvalue weighted by molar-refractivity contribution is 0.140. The second-order valence-electron chi connectivity index (χ2n) is 4.25. The minimum atomic E-state index is 0.190. The summed E-state index contributed by atoms with van der Waals surface area (Å²) in [4.78, 5) is 2.36. The third-order valence-corrected chi connectivity index (χ3v) is 2.97. The van der Waals surface area contributed by atoms with Crippen LogP contribution in [0.5, 0.6) is 11.5 Å². The zero-order chi connectivity index (χ0) is 12.1. The summed E-state index contributed by atoms with van der Waals surface area (Å²) in [5.41, 5.74) is 1.15. The second-order valence-corrected chi connectivity index (χ2v) is 4.25. The molecule has 0 unspecified atom stereocenters. The first kappa shape index (κ1) is 12.2. The first-order valence-corrected chi connectivity index (χ1v) is 5.95.